The van der Waals surface area contributed by atoms with Crippen LogP contribution in [0.1, 0.15) is 43.2 Å². The van der Waals surface area contributed by atoms with Crippen LogP contribution in [0.5, 0.6) is 0 Å². The molecule has 1 N–H and O–H groups in total. The lowest BCUT2D eigenvalue weighted by Gasteiger charge is -2.19. The van der Waals surface area contributed by atoms with Crippen LogP contribution in [0.2, 0.25) is 0 Å². The molecule has 4 heteroatoms. The van der Waals surface area contributed by atoms with Crippen LogP contribution in [0.25, 0.3) is 0 Å². The topological polar surface area (TPSA) is 65.8 Å². The molecular formula is C13H17N3O. The molecule has 17 heavy (non-hydrogen) atoms. The van der Waals surface area contributed by atoms with Gasteiger partial charge < -0.3 is 5.32 Å². The van der Waals surface area contributed by atoms with Crippen molar-refractivity contribution in [1.29, 1.82) is 5.26 Å². The van der Waals surface area contributed by atoms with Crippen LogP contribution < -0.4 is 5.32 Å². The summed E-state index contributed by atoms with van der Waals surface area (Å²) in [7, 11) is 0. The fourth-order valence-electron chi connectivity index (χ4n) is 1.37. The molecule has 1 aromatic rings. The molecule has 2 unspecified atom stereocenters. The molecule has 0 saturated carbocycles. The van der Waals surface area contributed by atoms with Crippen molar-refractivity contribution in [2.45, 2.75) is 33.2 Å². The number of nitriles is 1. The molecule has 0 aromatic carbocycles. The molecule has 0 spiro atoms. The summed E-state index contributed by atoms with van der Waals surface area (Å²) in [4.78, 5) is 15.8. The molecule has 1 amide bonds. The van der Waals surface area contributed by atoms with Gasteiger partial charge in [-0.1, -0.05) is 20.3 Å². The first-order valence-corrected chi connectivity index (χ1v) is 5.75. The normalized spacial score (nSPS) is 13.5. The van der Waals surface area contributed by atoms with Crippen molar-refractivity contribution in [3.63, 3.8) is 0 Å². The number of aromatic nitrogens is 1. The molecule has 0 bridgehead atoms. The first-order valence-electron chi connectivity index (χ1n) is 5.75. The lowest BCUT2D eigenvalue weighted by molar-refractivity contribution is 0.0923. The number of rotatable bonds is 4. The Kier molecular flexibility index (Phi) is 4.65. The van der Waals surface area contributed by atoms with Gasteiger partial charge in [0.2, 0.25) is 0 Å². The van der Waals surface area contributed by atoms with Gasteiger partial charge in [0.15, 0.2) is 0 Å². The second-order valence-electron chi connectivity index (χ2n) is 4.19. The van der Waals surface area contributed by atoms with Crippen molar-refractivity contribution >= 4 is 5.91 Å². The molecule has 4 nitrogen and oxygen atoms in total. The predicted octanol–water partition coefficient (Wildman–Crippen LogP) is 2.12. The standard InChI is InChI=1S/C13H17N3O/c1-4-9(2)10(3)16-13(17)12-6-5-11(7-14)8-15-12/h5-6,8-10H,4H2,1-3H3,(H,16,17). The van der Waals surface area contributed by atoms with E-state index >= 15 is 0 Å². The van der Waals surface area contributed by atoms with Crippen molar-refractivity contribution in [3.05, 3.63) is 29.6 Å². The van der Waals surface area contributed by atoms with E-state index in [2.05, 4.69) is 24.1 Å². The molecule has 1 rings (SSSR count). The Hall–Kier alpha value is -1.89. The van der Waals surface area contributed by atoms with Crippen LogP contribution in [-0.4, -0.2) is 16.9 Å². The molecular weight excluding hydrogens is 214 g/mol. The third-order valence-electron chi connectivity index (χ3n) is 2.98. The molecule has 1 aromatic heterocycles. The molecule has 0 aliphatic carbocycles. The van der Waals surface area contributed by atoms with E-state index in [1.165, 1.54) is 6.20 Å². The average molecular weight is 231 g/mol. The Bertz CT molecular complexity index is 419. The summed E-state index contributed by atoms with van der Waals surface area (Å²) in [5.41, 5.74) is 0.802. The number of nitrogens with zero attached hydrogens (tertiary/aromatic N) is 2. The van der Waals surface area contributed by atoms with Crippen molar-refractivity contribution in [3.8, 4) is 6.07 Å². The summed E-state index contributed by atoms with van der Waals surface area (Å²) in [6, 6.07) is 5.24. The van der Waals surface area contributed by atoms with Crippen molar-refractivity contribution in [1.82, 2.24) is 10.3 Å². The van der Waals surface area contributed by atoms with Crippen LogP contribution in [0.4, 0.5) is 0 Å². The summed E-state index contributed by atoms with van der Waals surface area (Å²) in [5, 5.41) is 11.5. The first-order chi connectivity index (χ1) is 8.08. The zero-order valence-corrected chi connectivity index (χ0v) is 10.4. The number of hydrogen-bond acceptors (Lipinski definition) is 3. The van der Waals surface area contributed by atoms with Gasteiger partial charge in [-0.25, -0.2) is 4.98 Å². The Morgan fingerprint density at radius 1 is 1.53 bits per heavy atom. The third-order valence-corrected chi connectivity index (χ3v) is 2.98. The van der Waals surface area contributed by atoms with Crippen LogP contribution in [0, 0.1) is 17.2 Å². The van der Waals surface area contributed by atoms with Crippen molar-refractivity contribution in [2.24, 2.45) is 5.92 Å². The minimum absolute atomic E-state index is 0.116. The molecule has 2 atom stereocenters. The SMILES string of the molecule is CCC(C)C(C)NC(=O)c1ccc(C#N)cn1. The third kappa shape index (κ3) is 3.56. The molecule has 0 saturated heterocycles. The van der Waals surface area contributed by atoms with E-state index in [9.17, 15) is 4.79 Å². The summed E-state index contributed by atoms with van der Waals surface area (Å²) < 4.78 is 0. The zero-order chi connectivity index (χ0) is 12.8. The smallest absolute Gasteiger partial charge is 0.270 e. The van der Waals surface area contributed by atoms with E-state index in [0.29, 0.717) is 17.2 Å². The Morgan fingerprint density at radius 3 is 2.71 bits per heavy atom. The fourth-order valence-corrected chi connectivity index (χ4v) is 1.37. The van der Waals surface area contributed by atoms with Gasteiger partial charge in [-0.15, -0.1) is 0 Å². The fraction of sp³-hybridized carbons (Fsp3) is 0.462. The highest BCUT2D eigenvalue weighted by Gasteiger charge is 2.14. The molecule has 90 valence electrons. The Labute approximate surface area is 102 Å². The maximum absolute atomic E-state index is 11.8. The van der Waals surface area contributed by atoms with E-state index in [0.717, 1.165) is 6.42 Å². The number of pyridine rings is 1. The summed E-state index contributed by atoms with van der Waals surface area (Å²) in [6.45, 7) is 6.17. The minimum atomic E-state index is -0.192. The lowest BCUT2D eigenvalue weighted by atomic mass is 10.0. The van der Waals surface area contributed by atoms with Gasteiger partial charge in [-0.3, -0.25) is 4.79 Å². The number of nitrogens with one attached hydrogen (secondary N) is 1. The Balaban J connectivity index is 2.67. The monoisotopic (exact) mass is 231 g/mol. The van der Waals surface area contributed by atoms with E-state index in [1.807, 2.05) is 13.0 Å². The van der Waals surface area contributed by atoms with E-state index in [4.69, 9.17) is 5.26 Å². The first kappa shape index (κ1) is 13.2. The maximum atomic E-state index is 11.8. The number of carbonyl (C=O) groups excluding carboxylic acids is 1. The number of amides is 1. The second-order valence-corrected chi connectivity index (χ2v) is 4.19. The number of hydrogen-bond donors (Lipinski definition) is 1. The molecule has 0 radical (unpaired) electrons. The average Bonchev–Trinajstić information content (AvgIpc) is 2.37. The zero-order valence-electron chi connectivity index (χ0n) is 10.4. The quantitative estimate of drug-likeness (QED) is 0.863. The van der Waals surface area contributed by atoms with Gasteiger partial charge >= 0.3 is 0 Å². The van der Waals surface area contributed by atoms with Gasteiger partial charge in [0, 0.05) is 12.2 Å². The molecule has 0 fully saturated rings. The summed E-state index contributed by atoms with van der Waals surface area (Å²) >= 11 is 0. The van der Waals surface area contributed by atoms with Gasteiger partial charge in [0.25, 0.3) is 5.91 Å². The van der Waals surface area contributed by atoms with Gasteiger partial charge in [-0.2, -0.15) is 5.26 Å². The molecule has 0 aliphatic rings. The van der Waals surface area contributed by atoms with Crippen LogP contribution in [0.3, 0.4) is 0 Å². The van der Waals surface area contributed by atoms with Gasteiger partial charge in [0.1, 0.15) is 11.8 Å². The van der Waals surface area contributed by atoms with Crippen LogP contribution >= 0.6 is 0 Å². The molecule has 0 aliphatic heterocycles. The summed E-state index contributed by atoms with van der Waals surface area (Å²) in [6.07, 6.45) is 2.42. The summed E-state index contributed by atoms with van der Waals surface area (Å²) in [5.74, 6) is 0.236. The molecule has 1 heterocycles. The maximum Gasteiger partial charge on any atom is 0.270 e. The highest BCUT2D eigenvalue weighted by Crippen LogP contribution is 2.07. The van der Waals surface area contributed by atoms with Crippen molar-refractivity contribution in [2.75, 3.05) is 0 Å². The highest BCUT2D eigenvalue weighted by atomic mass is 16.1. The lowest BCUT2D eigenvalue weighted by Crippen LogP contribution is -2.37. The van der Waals surface area contributed by atoms with Crippen LogP contribution in [-0.2, 0) is 0 Å². The van der Waals surface area contributed by atoms with E-state index in [-0.39, 0.29) is 11.9 Å². The van der Waals surface area contributed by atoms with Gasteiger partial charge in [-0.05, 0) is 25.0 Å². The number of carbonyl (C=O) groups is 1. The van der Waals surface area contributed by atoms with E-state index < -0.39 is 0 Å². The highest BCUT2D eigenvalue weighted by molar-refractivity contribution is 5.92. The predicted molar refractivity (Wildman–Crippen MR) is 65.3 cm³/mol. The largest absolute Gasteiger partial charge is 0.348 e. The second kappa shape index (κ2) is 6.00. The minimum Gasteiger partial charge on any atom is -0.348 e. The van der Waals surface area contributed by atoms with Crippen LogP contribution in [0.15, 0.2) is 18.3 Å². The van der Waals surface area contributed by atoms with E-state index in [1.54, 1.807) is 12.1 Å². The van der Waals surface area contributed by atoms with Crippen molar-refractivity contribution < 1.29 is 4.79 Å². The van der Waals surface area contributed by atoms with Gasteiger partial charge in [0.05, 0.1) is 5.56 Å². The Morgan fingerprint density at radius 2 is 2.24 bits per heavy atom.